The van der Waals surface area contributed by atoms with E-state index >= 15 is 0 Å². The molecular formula is C15H20N2O2S. The fraction of sp³-hybridized carbons (Fsp3) is 0.533. The van der Waals surface area contributed by atoms with Crippen LogP contribution >= 0.6 is 11.8 Å². The van der Waals surface area contributed by atoms with Gasteiger partial charge in [0.1, 0.15) is 11.4 Å². The number of rotatable bonds is 3. The molecule has 2 aliphatic rings. The fourth-order valence-electron chi connectivity index (χ4n) is 2.76. The normalized spacial score (nSPS) is 21.6. The molecule has 2 aliphatic heterocycles. The smallest absolute Gasteiger partial charge is 0.226 e. The summed E-state index contributed by atoms with van der Waals surface area (Å²) in [7, 11) is 0. The molecule has 1 aromatic carbocycles. The summed E-state index contributed by atoms with van der Waals surface area (Å²) >= 11 is 1.93. The Hall–Kier alpha value is -1.36. The number of ether oxygens (including phenoxy) is 1. The standard InChI is InChI=1S/C15H20N2O2S/c1-2-7-19-13-5-3-4-12-15(13)16-14(18)9-11-10-20-8-6-17(11)12/h3-5,11H,2,6-10H2,1H3,(H,16,18). The minimum atomic E-state index is 0.0915. The molecule has 1 saturated heterocycles. The van der Waals surface area contributed by atoms with Crippen molar-refractivity contribution in [3.8, 4) is 5.75 Å². The third kappa shape index (κ3) is 2.59. The van der Waals surface area contributed by atoms with Gasteiger partial charge in [0.25, 0.3) is 0 Å². The van der Waals surface area contributed by atoms with Gasteiger partial charge in [-0.25, -0.2) is 0 Å². The molecule has 3 rings (SSSR count). The number of benzene rings is 1. The number of thioether (sulfide) groups is 1. The average Bonchev–Trinajstić information content (AvgIpc) is 2.61. The Labute approximate surface area is 123 Å². The summed E-state index contributed by atoms with van der Waals surface area (Å²) in [6, 6.07) is 6.34. The Morgan fingerprint density at radius 1 is 1.50 bits per heavy atom. The summed E-state index contributed by atoms with van der Waals surface area (Å²) in [5.74, 6) is 3.02. The maximum Gasteiger partial charge on any atom is 0.226 e. The molecule has 1 unspecified atom stereocenters. The number of amides is 1. The second kappa shape index (κ2) is 5.95. The zero-order valence-electron chi connectivity index (χ0n) is 11.7. The number of hydrogen-bond donors (Lipinski definition) is 1. The first-order valence-corrected chi connectivity index (χ1v) is 8.35. The van der Waals surface area contributed by atoms with Gasteiger partial charge in [0.15, 0.2) is 0 Å². The average molecular weight is 292 g/mol. The van der Waals surface area contributed by atoms with Crippen LogP contribution in [0.15, 0.2) is 18.2 Å². The van der Waals surface area contributed by atoms with Gasteiger partial charge >= 0.3 is 0 Å². The quantitative estimate of drug-likeness (QED) is 0.930. The van der Waals surface area contributed by atoms with Crippen molar-refractivity contribution >= 4 is 29.0 Å². The lowest BCUT2D eigenvalue weighted by molar-refractivity contribution is -0.116. The monoisotopic (exact) mass is 292 g/mol. The van der Waals surface area contributed by atoms with Crippen LogP contribution in [0, 0.1) is 0 Å². The van der Waals surface area contributed by atoms with Gasteiger partial charge in [0.05, 0.1) is 12.3 Å². The Bertz CT molecular complexity index is 507. The molecule has 20 heavy (non-hydrogen) atoms. The highest BCUT2D eigenvalue weighted by molar-refractivity contribution is 7.99. The Kier molecular flexibility index (Phi) is 4.05. The second-order valence-electron chi connectivity index (χ2n) is 5.17. The van der Waals surface area contributed by atoms with E-state index in [2.05, 4.69) is 23.2 Å². The summed E-state index contributed by atoms with van der Waals surface area (Å²) in [5, 5.41) is 3.04. The van der Waals surface area contributed by atoms with E-state index in [1.165, 1.54) is 0 Å². The predicted octanol–water partition coefficient (Wildman–Crippen LogP) is 2.74. The Morgan fingerprint density at radius 3 is 3.25 bits per heavy atom. The van der Waals surface area contributed by atoms with Crippen LogP contribution in [0.4, 0.5) is 11.4 Å². The molecule has 1 fully saturated rings. The maximum atomic E-state index is 12.1. The molecule has 1 aromatic rings. The van der Waals surface area contributed by atoms with Gasteiger partial charge in [-0.1, -0.05) is 13.0 Å². The first-order valence-electron chi connectivity index (χ1n) is 7.19. The number of nitrogens with zero attached hydrogens (tertiary/aromatic N) is 1. The van der Waals surface area contributed by atoms with Crippen molar-refractivity contribution in [1.82, 2.24) is 0 Å². The largest absolute Gasteiger partial charge is 0.491 e. The maximum absolute atomic E-state index is 12.1. The summed E-state index contributed by atoms with van der Waals surface area (Å²) in [4.78, 5) is 14.5. The van der Waals surface area contributed by atoms with Crippen LogP contribution in [0.5, 0.6) is 5.75 Å². The lowest BCUT2D eigenvalue weighted by Gasteiger charge is -2.36. The van der Waals surface area contributed by atoms with Crippen molar-refractivity contribution < 1.29 is 9.53 Å². The van der Waals surface area contributed by atoms with Gasteiger partial charge in [-0.3, -0.25) is 4.79 Å². The minimum absolute atomic E-state index is 0.0915. The van der Waals surface area contributed by atoms with E-state index in [1.54, 1.807) is 0 Å². The van der Waals surface area contributed by atoms with Crippen LogP contribution in [0.25, 0.3) is 0 Å². The lowest BCUT2D eigenvalue weighted by Crippen LogP contribution is -2.42. The number of anilines is 2. The zero-order valence-corrected chi connectivity index (χ0v) is 12.5. The van der Waals surface area contributed by atoms with Crippen LogP contribution in [0.1, 0.15) is 19.8 Å². The topological polar surface area (TPSA) is 41.6 Å². The first-order chi connectivity index (χ1) is 9.79. The molecule has 0 bridgehead atoms. The summed E-state index contributed by atoms with van der Waals surface area (Å²) in [6.45, 7) is 3.75. The molecule has 4 nitrogen and oxygen atoms in total. The Balaban J connectivity index is 1.99. The van der Waals surface area contributed by atoms with E-state index in [4.69, 9.17) is 4.74 Å². The molecule has 1 atom stereocenters. The van der Waals surface area contributed by atoms with Crippen molar-refractivity contribution in [2.75, 3.05) is 34.9 Å². The third-order valence-corrected chi connectivity index (χ3v) is 4.78. The minimum Gasteiger partial charge on any atom is -0.491 e. The lowest BCUT2D eigenvalue weighted by atomic mass is 10.1. The van der Waals surface area contributed by atoms with Crippen LogP contribution in [0.2, 0.25) is 0 Å². The molecular weight excluding hydrogens is 272 g/mol. The summed E-state index contributed by atoms with van der Waals surface area (Å²) in [6.07, 6.45) is 1.52. The van der Waals surface area contributed by atoms with E-state index in [9.17, 15) is 4.79 Å². The number of fused-ring (bicyclic) bond motifs is 3. The van der Waals surface area contributed by atoms with Gasteiger partial charge in [-0.05, 0) is 18.6 Å². The molecule has 0 aliphatic carbocycles. The van der Waals surface area contributed by atoms with Gasteiger partial charge in [0, 0.05) is 30.5 Å². The van der Waals surface area contributed by atoms with Crippen molar-refractivity contribution in [1.29, 1.82) is 0 Å². The highest BCUT2D eigenvalue weighted by Gasteiger charge is 2.31. The van der Waals surface area contributed by atoms with Crippen molar-refractivity contribution in [3.05, 3.63) is 18.2 Å². The Morgan fingerprint density at radius 2 is 2.40 bits per heavy atom. The van der Waals surface area contributed by atoms with E-state index in [1.807, 2.05) is 23.9 Å². The zero-order chi connectivity index (χ0) is 13.9. The van der Waals surface area contributed by atoms with E-state index in [0.717, 1.165) is 41.6 Å². The molecule has 1 amide bonds. The number of nitrogens with one attached hydrogen (secondary N) is 1. The van der Waals surface area contributed by atoms with E-state index in [0.29, 0.717) is 19.1 Å². The van der Waals surface area contributed by atoms with Gasteiger partial charge in [0.2, 0.25) is 5.91 Å². The molecule has 2 heterocycles. The molecule has 0 saturated carbocycles. The van der Waals surface area contributed by atoms with Crippen LogP contribution in [-0.4, -0.2) is 36.6 Å². The number of hydrogen-bond acceptors (Lipinski definition) is 4. The van der Waals surface area contributed by atoms with Crippen LogP contribution in [0.3, 0.4) is 0 Å². The van der Waals surface area contributed by atoms with Gasteiger partial charge in [-0.2, -0.15) is 11.8 Å². The van der Waals surface area contributed by atoms with Gasteiger partial charge in [-0.15, -0.1) is 0 Å². The molecule has 108 valence electrons. The van der Waals surface area contributed by atoms with Crippen LogP contribution in [-0.2, 0) is 4.79 Å². The number of para-hydroxylation sites is 1. The van der Waals surface area contributed by atoms with Crippen molar-refractivity contribution in [2.45, 2.75) is 25.8 Å². The molecule has 0 radical (unpaired) electrons. The SMILES string of the molecule is CCCOc1cccc2c1NC(=O)CC1CSCCN21. The number of carbonyl (C=O) groups is 1. The van der Waals surface area contributed by atoms with Crippen molar-refractivity contribution in [2.24, 2.45) is 0 Å². The fourth-order valence-corrected chi connectivity index (χ4v) is 3.82. The number of carbonyl (C=O) groups excluding carboxylic acids is 1. The van der Waals surface area contributed by atoms with E-state index < -0.39 is 0 Å². The molecule has 0 spiro atoms. The summed E-state index contributed by atoms with van der Waals surface area (Å²) in [5.41, 5.74) is 1.95. The molecule has 1 N–H and O–H groups in total. The predicted molar refractivity (Wildman–Crippen MR) is 83.9 cm³/mol. The van der Waals surface area contributed by atoms with E-state index in [-0.39, 0.29) is 5.91 Å². The first kappa shape index (κ1) is 13.6. The highest BCUT2D eigenvalue weighted by Crippen LogP contribution is 2.40. The third-order valence-electron chi connectivity index (χ3n) is 3.69. The van der Waals surface area contributed by atoms with Crippen molar-refractivity contribution in [3.63, 3.8) is 0 Å². The second-order valence-corrected chi connectivity index (χ2v) is 6.32. The van der Waals surface area contributed by atoms with Gasteiger partial charge < -0.3 is 15.0 Å². The highest BCUT2D eigenvalue weighted by atomic mass is 32.2. The summed E-state index contributed by atoms with van der Waals surface area (Å²) < 4.78 is 5.79. The molecule has 0 aromatic heterocycles. The van der Waals surface area contributed by atoms with Crippen LogP contribution < -0.4 is 15.0 Å². The molecule has 5 heteroatoms.